The Bertz CT molecular complexity index is 718. The third-order valence-corrected chi connectivity index (χ3v) is 5.51. The lowest BCUT2D eigenvalue weighted by Crippen LogP contribution is -2.29. The van der Waals surface area contributed by atoms with Crippen molar-refractivity contribution < 1.29 is 4.79 Å². The molecule has 1 aliphatic heterocycles. The van der Waals surface area contributed by atoms with Gasteiger partial charge in [0.25, 0.3) is 0 Å². The minimum atomic E-state index is 0.146. The molecule has 2 aliphatic rings. The van der Waals surface area contributed by atoms with E-state index >= 15 is 0 Å². The number of nitrogens with one attached hydrogen (secondary N) is 1. The summed E-state index contributed by atoms with van der Waals surface area (Å²) in [5.41, 5.74) is 3.82. The van der Waals surface area contributed by atoms with E-state index in [4.69, 9.17) is 0 Å². The number of aryl methyl sites for hydroxylation is 1. The first kappa shape index (κ1) is 14.8. The molecule has 0 radical (unpaired) electrons. The number of benzene rings is 1. The average Bonchev–Trinajstić information content (AvgIpc) is 3.31. The first-order valence-corrected chi connectivity index (χ1v) is 9.06. The van der Waals surface area contributed by atoms with Gasteiger partial charge in [-0.15, -0.1) is 11.3 Å². The van der Waals surface area contributed by atoms with Crippen LogP contribution in [-0.4, -0.2) is 22.3 Å². The monoisotopic (exact) mass is 327 g/mol. The van der Waals surface area contributed by atoms with Gasteiger partial charge < -0.3 is 5.32 Å². The number of hydrogen-bond donors (Lipinski definition) is 1. The molecular formula is C18H21N3OS. The largest absolute Gasteiger partial charge is 0.302 e. The molecule has 0 saturated heterocycles. The molecule has 1 aromatic carbocycles. The van der Waals surface area contributed by atoms with Crippen LogP contribution < -0.4 is 5.32 Å². The highest BCUT2D eigenvalue weighted by molar-refractivity contribution is 7.15. The van der Waals surface area contributed by atoms with Gasteiger partial charge in [0.05, 0.1) is 5.69 Å². The van der Waals surface area contributed by atoms with Gasteiger partial charge in [0.15, 0.2) is 5.13 Å². The molecule has 0 atom stereocenters. The van der Waals surface area contributed by atoms with Crippen LogP contribution >= 0.6 is 11.3 Å². The summed E-state index contributed by atoms with van der Waals surface area (Å²) in [7, 11) is 0. The second-order valence-corrected chi connectivity index (χ2v) is 7.68. The molecule has 1 amide bonds. The Balaban J connectivity index is 1.41. The lowest BCUT2D eigenvalue weighted by atomic mass is 10.1. The smallest absolute Gasteiger partial charge is 0.229 e. The lowest BCUT2D eigenvalue weighted by molar-refractivity contribution is -0.117. The molecule has 4 rings (SSSR count). The molecule has 0 bridgehead atoms. The molecule has 4 nitrogen and oxygen atoms in total. The summed E-state index contributed by atoms with van der Waals surface area (Å²) in [5.74, 6) is 0.376. The maximum Gasteiger partial charge on any atom is 0.229 e. The minimum Gasteiger partial charge on any atom is -0.302 e. The maximum atomic E-state index is 11.9. The minimum absolute atomic E-state index is 0.146. The molecule has 23 heavy (non-hydrogen) atoms. The van der Waals surface area contributed by atoms with E-state index in [-0.39, 0.29) is 11.8 Å². The van der Waals surface area contributed by atoms with Crippen LogP contribution in [0, 0.1) is 12.8 Å². The van der Waals surface area contributed by atoms with E-state index in [1.807, 2.05) is 0 Å². The van der Waals surface area contributed by atoms with Crippen molar-refractivity contribution in [3.8, 4) is 0 Å². The van der Waals surface area contributed by atoms with Crippen molar-refractivity contribution in [2.45, 2.75) is 39.3 Å². The highest BCUT2D eigenvalue weighted by atomic mass is 32.1. The van der Waals surface area contributed by atoms with Gasteiger partial charge >= 0.3 is 0 Å². The van der Waals surface area contributed by atoms with Gasteiger partial charge in [0.2, 0.25) is 5.91 Å². The predicted molar refractivity (Wildman–Crippen MR) is 92.5 cm³/mol. The third kappa shape index (κ3) is 3.46. The fourth-order valence-corrected chi connectivity index (χ4v) is 3.99. The summed E-state index contributed by atoms with van der Waals surface area (Å²) >= 11 is 1.64. The van der Waals surface area contributed by atoms with Crippen molar-refractivity contribution in [1.29, 1.82) is 0 Å². The van der Waals surface area contributed by atoms with Crippen LogP contribution in [0.3, 0.4) is 0 Å². The van der Waals surface area contributed by atoms with Crippen LogP contribution in [0.5, 0.6) is 0 Å². The molecule has 5 heteroatoms. The molecule has 2 heterocycles. The molecule has 0 spiro atoms. The molecular weight excluding hydrogens is 306 g/mol. The maximum absolute atomic E-state index is 11.9. The number of rotatable bonds is 4. The van der Waals surface area contributed by atoms with Crippen molar-refractivity contribution >= 4 is 22.4 Å². The molecule has 2 aromatic rings. The normalized spacial score (nSPS) is 17.8. The summed E-state index contributed by atoms with van der Waals surface area (Å²) in [4.78, 5) is 20.2. The van der Waals surface area contributed by atoms with E-state index in [1.165, 1.54) is 21.7 Å². The molecule has 1 N–H and O–H groups in total. The number of carbonyl (C=O) groups excluding carboxylic acids is 1. The van der Waals surface area contributed by atoms with Crippen LogP contribution in [0.4, 0.5) is 5.13 Å². The van der Waals surface area contributed by atoms with Crippen LogP contribution in [0.15, 0.2) is 24.3 Å². The third-order valence-electron chi connectivity index (χ3n) is 4.52. The van der Waals surface area contributed by atoms with E-state index in [2.05, 4.69) is 46.4 Å². The number of amides is 1. The Kier molecular flexibility index (Phi) is 3.91. The van der Waals surface area contributed by atoms with Gasteiger partial charge in [-0.3, -0.25) is 9.69 Å². The predicted octanol–water partition coefficient (Wildman–Crippen LogP) is 3.36. The van der Waals surface area contributed by atoms with Crippen molar-refractivity contribution in [3.63, 3.8) is 0 Å². The van der Waals surface area contributed by atoms with Crippen LogP contribution in [0.1, 0.15) is 34.5 Å². The number of hydrogen-bond acceptors (Lipinski definition) is 4. The first-order chi connectivity index (χ1) is 11.2. The summed E-state index contributed by atoms with van der Waals surface area (Å²) in [6, 6.07) is 8.75. The second-order valence-electron chi connectivity index (χ2n) is 6.60. The number of nitrogens with zero attached hydrogens (tertiary/aromatic N) is 2. The SMILES string of the molecule is Cc1ccc(CN2CCc3nc(NC(=O)C4CC4)sc3C2)cc1. The summed E-state index contributed by atoms with van der Waals surface area (Å²) in [5, 5.41) is 3.76. The van der Waals surface area contributed by atoms with E-state index in [0.29, 0.717) is 0 Å². The number of anilines is 1. The zero-order valence-electron chi connectivity index (χ0n) is 13.3. The van der Waals surface area contributed by atoms with Gasteiger partial charge in [-0.1, -0.05) is 29.8 Å². The Morgan fingerprint density at radius 1 is 1.35 bits per heavy atom. The average molecular weight is 327 g/mol. The fraction of sp³-hybridized carbons (Fsp3) is 0.444. The Hall–Kier alpha value is -1.72. The van der Waals surface area contributed by atoms with E-state index < -0.39 is 0 Å². The molecule has 1 fully saturated rings. The Labute approximate surface area is 140 Å². The standard InChI is InChI=1S/C18H21N3OS/c1-12-2-4-13(5-3-12)10-21-9-8-15-16(11-21)23-18(19-15)20-17(22)14-6-7-14/h2-5,14H,6-11H2,1H3,(H,19,20,22). The quantitative estimate of drug-likeness (QED) is 0.936. The Morgan fingerprint density at radius 2 is 2.13 bits per heavy atom. The zero-order valence-corrected chi connectivity index (χ0v) is 14.2. The number of fused-ring (bicyclic) bond motifs is 1. The molecule has 1 aromatic heterocycles. The number of carbonyl (C=O) groups is 1. The highest BCUT2D eigenvalue weighted by Crippen LogP contribution is 2.33. The van der Waals surface area contributed by atoms with Gasteiger partial charge in [0.1, 0.15) is 0 Å². The van der Waals surface area contributed by atoms with Gasteiger partial charge in [0, 0.05) is 36.9 Å². The molecule has 0 unspecified atom stereocenters. The van der Waals surface area contributed by atoms with Crippen LogP contribution in [-0.2, 0) is 24.3 Å². The topological polar surface area (TPSA) is 45.2 Å². The van der Waals surface area contributed by atoms with Gasteiger partial charge in [-0.05, 0) is 25.3 Å². The first-order valence-electron chi connectivity index (χ1n) is 8.25. The van der Waals surface area contributed by atoms with Crippen molar-refractivity contribution in [3.05, 3.63) is 46.0 Å². The number of aromatic nitrogens is 1. The van der Waals surface area contributed by atoms with E-state index in [9.17, 15) is 4.79 Å². The van der Waals surface area contributed by atoms with Crippen molar-refractivity contribution in [1.82, 2.24) is 9.88 Å². The fourth-order valence-electron chi connectivity index (χ4n) is 2.94. The van der Waals surface area contributed by atoms with Crippen LogP contribution in [0.25, 0.3) is 0 Å². The van der Waals surface area contributed by atoms with Gasteiger partial charge in [-0.2, -0.15) is 0 Å². The van der Waals surface area contributed by atoms with Crippen molar-refractivity contribution in [2.75, 3.05) is 11.9 Å². The Morgan fingerprint density at radius 3 is 2.87 bits per heavy atom. The van der Waals surface area contributed by atoms with Crippen molar-refractivity contribution in [2.24, 2.45) is 5.92 Å². The summed E-state index contributed by atoms with van der Waals surface area (Å²) in [6.45, 7) is 5.05. The summed E-state index contributed by atoms with van der Waals surface area (Å²) in [6.07, 6.45) is 3.03. The van der Waals surface area contributed by atoms with Crippen LogP contribution in [0.2, 0.25) is 0 Å². The zero-order chi connectivity index (χ0) is 15.8. The molecule has 1 aliphatic carbocycles. The highest BCUT2D eigenvalue weighted by Gasteiger charge is 2.30. The molecule has 1 saturated carbocycles. The van der Waals surface area contributed by atoms with Gasteiger partial charge in [-0.25, -0.2) is 4.98 Å². The van der Waals surface area contributed by atoms with E-state index in [0.717, 1.165) is 44.0 Å². The second kappa shape index (κ2) is 6.06. The van der Waals surface area contributed by atoms with E-state index in [1.54, 1.807) is 11.3 Å². The molecule has 120 valence electrons. The lowest BCUT2D eigenvalue weighted by Gasteiger charge is -2.25. The number of thiazole rings is 1. The summed E-state index contributed by atoms with van der Waals surface area (Å²) < 4.78 is 0.